The van der Waals surface area contributed by atoms with Crippen LogP contribution in [0.1, 0.15) is 45.4 Å². The third-order valence-corrected chi connectivity index (χ3v) is 7.25. The number of nitrogens with zero attached hydrogens (tertiary/aromatic N) is 1. The van der Waals surface area contributed by atoms with Gasteiger partial charge < -0.3 is 20.3 Å². The first kappa shape index (κ1) is 20.6. The Morgan fingerprint density at radius 2 is 2.07 bits per heavy atom. The van der Waals surface area contributed by atoms with E-state index < -0.39 is 10.8 Å². The number of nitrogens with one attached hydrogen (secondary N) is 2. The van der Waals surface area contributed by atoms with E-state index in [1.165, 1.54) is 0 Å². The maximum atomic E-state index is 12.5. The zero-order chi connectivity index (χ0) is 20.1. The zero-order valence-electron chi connectivity index (χ0n) is 16.5. The van der Waals surface area contributed by atoms with Gasteiger partial charge >= 0.3 is 6.03 Å². The van der Waals surface area contributed by atoms with Crippen LogP contribution >= 0.6 is 0 Å². The molecule has 28 heavy (non-hydrogen) atoms. The Labute approximate surface area is 168 Å². The molecule has 3 amide bonds. The number of hydrogen-bond donors (Lipinski definition) is 2. The first-order valence-electron chi connectivity index (χ1n) is 9.96. The van der Waals surface area contributed by atoms with Crippen LogP contribution in [0.15, 0.2) is 18.2 Å². The maximum Gasteiger partial charge on any atom is 0.319 e. The number of rotatable bonds is 6. The summed E-state index contributed by atoms with van der Waals surface area (Å²) in [4.78, 5) is 26.2. The summed E-state index contributed by atoms with van der Waals surface area (Å²) in [6.07, 6.45) is 5.22. The lowest BCUT2D eigenvalue weighted by Crippen LogP contribution is -2.48. The molecule has 3 rings (SSSR count). The average Bonchev–Trinajstić information content (AvgIpc) is 3.13. The van der Waals surface area contributed by atoms with Crippen molar-refractivity contribution < 1.29 is 18.5 Å². The molecular formula is C20H29N3O4S. The van der Waals surface area contributed by atoms with Gasteiger partial charge in [0.25, 0.3) is 0 Å². The summed E-state index contributed by atoms with van der Waals surface area (Å²) in [5.74, 6) is 1.25. The maximum absolute atomic E-state index is 12.5. The topological polar surface area (TPSA) is 87.7 Å². The Morgan fingerprint density at radius 1 is 1.29 bits per heavy atom. The molecule has 2 aliphatic rings. The van der Waals surface area contributed by atoms with E-state index >= 15 is 0 Å². The predicted molar refractivity (Wildman–Crippen MR) is 111 cm³/mol. The number of ether oxygens (including phenoxy) is 1. The van der Waals surface area contributed by atoms with Crippen molar-refractivity contribution in [1.82, 2.24) is 5.32 Å². The van der Waals surface area contributed by atoms with Gasteiger partial charge in [-0.05, 0) is 31.4 Å². The molecule has 0 spiro atoms. The second-order valence-corrected chi connectivity index (χ2v) is 9.18. The summed E-state index contributed by atoms with van der Waals surface area (Å²) in [6, 6.07) is 4.91. The molecule has 1 heterocycles. The average molecular weight is 408 g/mol. The number of hydrogen-bond acceptors (Lipinski definition) is 4. The molecule has 7 nitrogen and oxygen atoms in total. The molecule has 1 aliphatic carbocycles. The van der Waals surface area contributed by atoms with Gasteiger partial charge in [-0.25, -0.2) is 4.79 Å². The van der Waals surface area contributed by atoms with Gasteiger partial charge in [0, 0.05) is 47.3 Å². The summed E-state index contributed by atoms with van der Waals surface area (Å²) in [6.45, 7) is 2.60. The molecule has 0 unspecified atom stereocenters. The second kappa shape index (κ2) is 9.41. The van der Waals surface area contributed by atoms with E-state index in [9.17, 15) is 13.8 Å². The molecule has 0 bridgehead atoms. The van der Waals surface area contributed by atoms with Crippen LogP contribution in [-0.4, -0.2) is 46.8 Å². The Balaban J connectivity index is 1.66. The van der Waals surface area contributed by atoms with Crippen LogP contribution in [0.25, 0.3) is 0 Å². The van der Waals surface area contributed by atoms with Crippen molar-refractivity contribution in [3.63, 3.8) is 0 Å². The van der Waals surface area contributed by atoms with Crippen molar-refractivity contribution in [2.75, 3.05) is 29.6 Å². The minimum atomic E-state index is -0.920. The van der Waals surface area contributed by atoms with E-state index in [0.29, 0.717) is 30.2 Å². The molecule has 3 atom stereocenters. The van der Waals surface area contributed by atoms with Crippen molar-refractivity contribution in [1.29, 1.82) is 0 Å². The van der Waals surface area contributed by atoms with Crippen LogP contribution in [0.3, 0.4) is 0 Å². The normalized spacial score (nSPS) is 23.4. The first-order chi connectivity index (χ1) is 13.5. The van der Waals surface area contributed by atoms with Gasteiger partial charge in [-0.2, -0.15) is 0 Å². The van der Waals surface area contributed by atoms with Crippen LogP contribution < -0.4 is 20.3 Å². The number of benzene rings is 1. The van der Waals surface area contributed by atoms with E-state index in [-0.39, 0.29) is 23.2 Å². The van der Waals surface area contributed by atoms with Crippen molar-refractivity contribution in [2.24, 2.45) is 0 Å². The first-order valence-corrected chi connectivity index (χ1v) is 11.3. The fourth-order valence-corrected chi connectivity index (χ4v) is 5.44. The lowest BCUT2D eigenvalue weighted by Gasteiger charge is -2.31. The van der Waals surface area contributed by atoms with Gasteiger partial charge in [-0.1, -0.05) is 19.8 Å². The fraction of sp³-hybridized carbons (Fsp3) is 0.600. The number of carbonyl (C=O) groups is 2. The Kier molecular flexibility index (Phi) is 6.93. The van der Waals surface area contributed by atoms with E-state index in [4.69, 9.17) is 4.74 Å². The third kappa shape index (κ3) is 4.66. The Morgan fingerprint density at radius 3 is 2.75 bits per heavy atom. The molecule has 2 N–H and O–H groups in total. The fourth-order valence-electron chi connectivity index (χ4n) is 4.01. The standard InChI is InChI=1S/C20H29N3O4S/c1-3-28(26)18-8-5-4-7-15(18)22-20(25)21-14-10-11-16(17(13-14)27-2)23-12-6-9-19(23)24/h10-11,13,15,18H,3-9,12H2,1-2H3,(H2,21,22,25)/t15-,18-,28+/m0/s1. The number of carbonyl (C=O) groups excluding carboxylic acids is 2. The molecule has 1 aromatic carbocycles. The van der Waals surface area contributed by atoms with Gasteiger partial charge in [0.1, 0.15) is 5.75 Å². The highest BCUT2D eigenvalue weighted by Gasteiger charge is 2.30. The van der Waals surface area contributed by atoms with Crippen molar-refractivity contribution >= 4 is 34.1 Å². The van der Waals surface area contributed by atoms with Crippen LogP contribution in [0.2, 0.25) is 0 Å². The van der Waals surface area contributed by atoms with Gasteiger partial charge in [-0.3, -0.25) is 9.00 Å². The molecule has 1 saturated carbocycles. The molecule has 154 valence electrons. The summed E-state index contributed by atoms with van der Waals surface area (Å²) >= 11 is 0. The summed E-state index contributed by atoms with van der Waals surface area (Å²) < 4.78 is 17.7. The lowest BCUT2D eigenvalue weighted by molar-refractivity contribution is -0.117. The Bertz CT molecular complexity index is 755. The van der Waals surface area contributed by atoms with Gasteiger partial charge in [0.2, 0.25) is 5.91 Å². The van der Waals surface area contributed by atoms with Gasteiger partial charge in [0.05, 0.1) is 18.0 Å². The molecule has 0 radical (unpaired) electrons. The number of urea groups is 1. The van der Waals surface area contributed by atoms with E-state index in [2.05, 4.69) is 10.6 Å². The monoisotopic (exact) mass is 407 g/mol. The van der Waals surface area contributed by atoms with E-state index in [1.807, 2.05) is 6.92 Å². The number of methoxy groups -OCH3 is 1. The van der Waals surface area contributed by atoms with Gasteiger partial charge in [0.15, 0.2) is 0 Å². The summed E-state index contributed by atoms with van der Waals surface area (Å²) in [7, 11) is 0.632. The highest BCUT2D eigenvalue weighted by molar-refractivity contribution is 7.85. The summed E-state index contributed by atoms with van der Waals surface area (Å²) in [5, 5.41) is 5.85. The van der Waals surface area contributed by atoms with Crippen molar-refractivity contribution in [3.05, 3.63) is 18.2 Å². The molecule has 8 heteroatoms. The van der Waals surface area contributed by atoms with Crippen LogP contribution in [0.5, 0.6) is 5.75 Å². The smallest absolute Gasteiger partial charge is 0.319 e. The Hall–Kier alpha value is -2.09. The van der Waals surface area contributed by atoms with E-state index in [1.54, 1.807) is 30.2 Å². The molecule has 0 aromatic heterocycles. The molecule has 1 saturated heterocycles. The summed E-state index contributed by atoms with van der Waals surface area (Å²) in [5.41, 5.74) is 1.32. The third-order valence-electron chi connectivity index (χ3n) is 5.44. The van der Waals surface area contributed by atoms with Crippen molar-refractivity contribution in [3.8, 4) is 5.75 Å². The predicted octanol–water partition coefficient (Wildman–Crippen LogP) is 3.02. The molecule has 1 aromatic rings. The minimum Gasteiger partial charge on any atom is -0.494 e. The largest absolute Gasteiger partial charge is 0.494 e. The highest BCUT2D eigenvalue weighted by atomic mass is 32.2. The van der Waals surface area contributed by atoms with Crippen LogP contribution in [-0.2, 0) is 15.6 Å². The van der Waals surface area contributed by atoms with Crippen molar-refractivity contribution in [2.45, 2.75) is 56.7 Å². The zero-order valence-corrected chi connectivity index (χ0v) is 17.3. The highest BCUT2D eigenvalue weighted by Crippen LogP contribution is 2.34. The minimum absolute atomic E-state index is 0.0163. The molecule has 1 aliphatic heterocycles. The quantitative estimate of drug-likeness (QED) is 0.759. The lowest BCUT2D eigenvalue weighted by atomic mass is 9.95. The van der Waals surface area contributed by atoms with Crippen LogP contribution in [0.4, 0.5) is 16.2 Å². The SMILES string of the molecule is CC[S@@](=O)[C@H]1CCCC[C@@H]1NC(=O)Nc1ccc(N2CCCC2=O)c(OC)c1. The van der Waals surface area contributed by atoms with E-state index in [0.717, 1.165) is 37.8 Å². The second-order valence-electron chi connectivity index (χ2n) is 7.23. The van der Waals surface area contributed by atoms with Crippen LogP contribution in [0, 0.1) is 0 Å². The number of amides is 3. The number of anilines is 2. The van der Waals surface area contributed by atoms with Gasteiger partial charge in [-0.15, -0.1) is 0 Å². The molecule has 2 fully saturated rings. The molecular weight excluding hydrogens is 378 g/mol.